The van der Waals surface area contributed by atoms with E-state index in [9.17, 15) is 9.18 Å². The Morgan fingerprint density at radius 2 is 2.29 bits per heavy atom. The first-order valence-electron chi connectivity index (χ1n) is 4.29. The number of carbonyl (C=O) groups is 1. The Balaban J connectivity index is 2.32. The van der Waals surface area contributed by atoms with Gasteiger partial charge in [-0.3, -0.25) is 4.90 Å². The molecule has 0 spiro atoms. The maximum absolute atomic E-state index is 13.1. The number of anilines is 2. The lowest BCUT2D eigenvalue weighted by Gasteiger charge is -2.14. The van der Waals surface area contributed by atoms with Crippen molar-refractivity contribution in [2.75, 3.05) is 23.7 Å². The van der Waals surface area contributed by atoms with E-state index in [1.807, 2.05) is 0 Å². The molecule has 2 rings (SSSR count). The minimum atomic E-state index is -0.498. The molecule has 0 bridgehead atoms. The molecule has 4 nitrogen and oxygen atoms in total. The minimum absolute atomic E-state index is 0.0911. The van der Waals surface area contributed by atoms with E-state index >= 15 is 0 Å². The molecule has 1 aliphatic rings. The molecule has 1 aromatic carbocycles. The predicted octanol–water partition coefficient (Wildman–Crippen LogP) is 0.938. The number of rotatable bonds is 1. The number of nitrogens with one attached hydrogen (secondary N) is 1. The molecule has 0 saturated carbocycles. The minimum Gasteiger partial charge on any atom is -0.396 e. The highest BCUT2D eigenvalue weighted by Crippen LogP contribution is 2.20. The highest BCUT2D eigenvalue weighted by molar-refractivity contribution is 5.94. The number of nitrogens with zero attached hydrogens (tertiary/aromatic N) is 1. The van der Waals surface area contributed by atoms with Gasteiger partial charge in [0.2, 0.25) is 0 Å². The first-order chi connectivity index (χ1) is 6.68. The molecule has 3 N–H and O–H groups in total. The first-order valence-corrected chi connectivity index (χ1v) is 4.29. The summed E-state index contributed by atoms with van der Waals surface area (Å²) in [6.45, 7) is 1.15. The van der Waals surface area contributed by atoms with Crippen molar-refractivity contribution in [2.45, 2.75) is 0 Å². The van der Waals surface area contributed by atoms with Crippen molar-refractivity contribution in [3.63, 3.8) is 0 Å². The number of halogens is 1. The van der Waals surface area contributed by atoms with Gasteiger partial charge in [0.1, 0.15) is 5.82 Å². The summed E-state index contributed by atoms with van der Waals surface area (Å²) in [4.78, 5) is 12.7. The van der Waals surface area contributed by atoms with E-state index in [1.165, 1.54) is 17.0 Å². The van der Waals surface area contributed by atoms with Gasteiger partial charge in [-0.05, 0) is 18.2 Å². The molecule has 0 atom stereocenters. The fraction of sp³-hybridized carbons (Fsp3) is 0.222. The quantitative estimate of drug-likeness (QED) is 0.655. The van der Waals surface area contributed by atoms with Crippen molar-refractivity contribution in [3.8, 4) is 0 Å². The zero-order valence-corrected chi connectivity index (χ0v) is 7.46. The number of urea groups is 1. The van der Waals surface area contributed by atoms with Crippen LogP contribution in [0, 0.1) is 5.82 Å². The van der Waals surface area contributed by atoms with Crippen LogP contribution >= 0.6 is 0 Å². The molecule has 1 fully saturated rings. The second kappa shape index (κ2) is 3.17. The van der Waals surface area contributed by atoms with Crippen molar-refractivity contribution in [1.29, 1.82) is 0 Å². The van der Waals surface area contributed by atoms with Crippen molar-refractivity contribution < 1.29 is 9.18 Å². The summed E-state index contributed by atoms with van der Waals surface area (Å²) in [6, 6.07) is 4.15. The molecule has 1 aromatic rings. The molecule has 0 unspecified atom stereocenters. The molecule has 14 heavy (non-hydrogen) atoms. The lowest BCUT2D eigenvalue weighted by Crippen LogP contribution is -2.27. The average Bonchev–Trinajstić information content (AvgIpc) is 2.57. The van der Waals surface area contributed by atoms with E-state index in [2.05, 4.69) is 5.32 Å². The van der Waals surface area contributed by atoms with Gasteiger partial charge in [-0.15, -0.1) is 0 Å². The van der Waals surface area contributed by atoms with Crippen LogP contribution < -0.4 is 16.0 Å². The van der Waals surface area contributed by atoms with Crippen LogP contribution in [0.15, 0.2) is 18.2 Å². The zero-order chi connectivity index (χ0) is 10.1. The summed E-state index contributed by atoms with van der Waals surface area (Å²) in [5.41, 5.74) is 5.95. The van der Waals surface area contributed by atoms with E-state index in [4.69, 9.17) is 5.73 Å². The summed E-state index contributed by atoms with van der Waals surface area (Å²) >= 11 is 0. The van der Waals surface area contributed by atoms with Crippen LogP contribution in [0.3, 0.4) is 0 Å². The third-order valence-corrected chi connectivity index (χ3v) is 2.15. The average molecular weight is 195 g/mol. The van der Waals surface area contributed by atoms with Crippen molar-refractivity contribution in [2.24, 2.45) is 0 Å². The number of benzene rings is 1. The Labute approximate surface area is 80.5 Å². The number of nitrogens with two attached hydrogens (primary N) is 1. The summed E-state index contributed by atoms with van der Waals surface area (Å²) in [5, 5.41) is 2.64. The molecule has 1 heterocycles. The maximum Gasteiger partial charge on any atom is 0.321 e. The van der Waals surface area contributed by atoms with E-state index < -0.39 is 5.82 Å². The zero-order valence-electron chi connectivity index (χ0n) is 7.46. The van der Waals surface area contributed by atoms with E-state index in [0.717, 1.165) is 0 Å². The van der Waals surface area contributed by atoms with Crippen LogP contribution in [0.1, 0.15) is 0 Å². The van der Waals surface area contributed by atoms with Crippen LogP contribution in [0.2, 0.25) is 0 Å². The highest BCUT2D eigenvalue weighted by Gasteiger charge is 2.21. The fourth-order valence-corrected chi connectivity index (χ4v) is 1.40. The van der Waals surface area contributed by atoms with Gasteiger partial charge < -0.3 is 11.1 Å². The third kappa shape index (κ3) is 1.37. The lowest BCUT2D eigenvalue weighted by molar-refractivity contribution is 0.252. The van der Waals surface area contributed by atoms with Gasteiger partial charge in [0.25, 0.3) is 0 Å². The second-order valence-corrected chi connectivity index (χ2v) is 3.09. The van der Waals surface area contributed by atoms with Gasteiger partial charge in [0.05, 0.1) is 5.69 Å². The molecular formula is C9H10FN3O. The largest absolute Gasteiger partial charge is 0.396 e. The first kappa shape index (κ1) is 8.80. The number of hydrogen-bond donors (Lipinski definition) is 2. The van der Waals surface area contributed by atoms with Gasteiger partial charge in [-0.2, -0.15) is 0 Å². The van der Waals surface area contributed by atoms with Gasteiger partial charge >= 0.3 is 6.03 Å². The number of hydrogen-bond acceptors (Lipinski definition) is 2. The summed E-state index contributed by atoms with van der Waals surface area (Å²) in [5.74, 6) is -0.498. The number of carbonyl (C=O) groups excluding carboxylic acids is 1. The van der Waals surface area contributed by atoms with E-state index in [1.54, 1.807) is 6.07 Å². The normalized spacial score (nSPS) is 15.8. The van der Waals surface area contributed by atoms with Gasteiger partial charge in [-0.1, -0.05) is 0 Å². The molecule has 1 saturated heterocycles. The summed E-state index contributed by atoms with van der Waals surface area (Å²) < 4.78 is 13.1. The van der Waals surface area contributed by atoms with Crippen LogP contribution in [-0.4, -0.2) is 19.1 Å². The highest BCUT2D eigenvalue weighted by atomic mass is 19.1. The molecule has 0 aliphatic carbocycles. The van der Waals surface area contributed by atoms with Crippen molar-refractivity contribution in [3.05, 3.63) is 24.0 Å². The third-order valence-electron chi connectivity index (χ3n) is 2.15. The van der Waals surface area contributed by atoms with E-state index in [-0.39, 0.29) is 11.7 Å². The molecular weight excluding hydrogens is 185 g/mol. The predicted molar refractivity (Wildman–Crippen MR) is 51.6 cm³/mol. The van der Waals surface area contributed by atoms with Crippen LogP contribution in [0.4, 0.5) is 20.6 Å². The maximum atomic E-state index is 13.1. The Morgan fingerprint density at radius 1 is 1.50 bits per heavy atom. The molecule has 2 amide bonds. The molecule has 0 radical (unpaired) electrons. The van der Waals surface area contributed by atoms with Crippen LogP contribution in [-0.2, 0) is 0 Å². The van der Waals surface area contributed by atoms with Gasteiger partial charge in [0.15, 0.2) is 0 Å². The van der Waals surface area contributed by atoms with Gasteiger partial charge in [0, 0.05) is 18.8 Å². The van der Waals surface area contributed by atoms with Crippen LogP contribution in [0.25, 0.3) is 0 Å². The topological polar surface area (TPSA) is 58.4 Å². The van der Waals surface area contributed by atoms with Gasteiger partial charge in [-0.25, -0.2) is 9.18 Å². The monoisotopic (exact) mass is 195 g/mol. The number of nitrogen functional groups attached to an aromatic ring is 1. The SMILES string of the molecule is Nc1ccc(N2CCNC2=O)cc1F. The molecule has 5 heteroatoms. The lowest BCUT2D eigenvalue weighted by atomic mass is 10.2. The van der Waals surface area contributed by atoms with Crippen molar-refractivity contribution >= 4 is 17.4 Å². The van der Waals surface area contributed by atoms with Crippen LogP contribution in [0.5, 0.6) is 0 Å². The Bertz CT molecular complexity index is 380. The molecule has 74 valence electrons. The molecule has 1 aliphatic heterocycles. The fourth-order valence-electron chi connectivity index (χ4n) is 1.40. The molecule has 0 aromatic heterocycles. The number of amides is 2. The van der Waals surface area contributed by atoms with E-state index in [0.29, 0.717) is 18.8 Å². The Kier molecular flexibility index (Phi) is 1.99. The Hall–Kier alpha value is -1.78. The smallest absolute Gasteiger partial charge is 0.321 e. The van der Waals surface area contributed by atoms with Crippen molar-refractivity contribution in [1.82, 2.24) is 5.32 Å². The Morgan fingerprint density at radius 3 is 2.86 bits per heavy atom. The second-order valence-electron chi connectivity index (χ2n) is 3.09. The summed E-state index contributed by atoms with van der Waals surface area (Å²) in [6.07, 6.45) is 0. The standard InChI is InChI=1S/C9H10FN3O/c10-7-5-6(1-2-8(7)11)13-4-3-12-9(13)14/h1-2,5H,3-4,11H2,(H,12,14). The summed E-state index contributed by atoms with van der Waals surface area (Å²) in [7, 11) is 0.